The Hall–Kier alpha value is -2.51. The first-order chi connectivity index (χ1) is 13.7. The average molecular weight is 391 g/mol. The van der Waals surface area contributed by atoms with Crippen LogP contribution >= 0.6 is 11.6 Å². The van der Waals surface area contributed by atoms with E-state index in [2.05, 4.69) is 80.6 Å². The number of hydrogen-bond acceptors (Lipinski definition) is 1. The molecule has 0 radical (unpaired) electrons. The molecular weight excluding hydrogens is 364 g/mol. The molecule has 0 aliphatic rings. The van der Waals surface area contributed by atoms with Crippen molar-refractivity contribution in [2.45, 2.75) is 26.7 Å². The molecule has 0 aliphatic heterocycles. The normalized spacial score (nSPS) is 11.8. The van der Waals surface area contributed by atoms with Crippen LogP contribution in [0.4, 0.5) is 0 Å². The van der Waals surface area contributed by atoms with E-state index in [0.717, 1.165) is 18.6 Å². The molecule has 3 aromatic carbocycles. The highest BCUT2D eigenvalue weighted by atomic mass is 35.5. The fourth-order valence-corrected chi connectivity index (χ4v) is 3.51. The van der Waals surface area contributed by atoms with Crippen LogP contribution in [-0.4, -0.2) is 12.5 Å². The Morgan fingerprint density at radius 2 is 1.43 bits per heavy atom. The smallest absolute Gasteiger partial charge is 0.119 e. The van der Waals surface area contributed by atoms with E-state index in [-0.39, 0.29) is 0 Å². The molecule has 0 N–H and O–H groups in total. The van der Waals surface area contributed by atoms with Crippen LogP contribution in [0.25, 0.3) is 11.1 Å². The van der Waals surface area contributed by atoms with Gasteiger partial charge in [-0.2, -0.15) is 0 Å². The predicted molar refractivity (Wildman–Crippen MR) is 121 cm³/mol. The van der Waals surface area contributed by atoms with Crippen LogP contribution in [-0.2, 0) is 6.42 Å². The van der Waals surface area contributed by atoms with Crippen molar-refractivity contribution >= 4 is 22.7 Å². The number of benzene rings is 3. The highest BCUT2D eigenvalue weighted by Gasteiger charge is 2.12. The molecule has 0 saturated carbocycles. The summed E-state index contributed by atoms with van der Waals surface area (Å²) >= 11 is 5.73. The number of halogens is 1. The molecule has 0 fully saturated rings. The zero-order chi connectivity index (χ0) is 19.8. The number of aryl methyl sites for hydroxylation is 1. The van der Waals surface area contributed by atoms with Crippen molar-refractivity contribution in [2.24, 2.45) is 0 Å². The Bertz CT molecular complexity index is 893. The molecule has 0 amide bonds. The van der Waals surface area contributed by atoms with Crippen molar-refractivity contribution in [1.82, 2.24) is 0 Å². The van der Waals surface area contributed by atoms with Crippen LogP contribution < -0.4 is 4.74 Å². The number of rotatable bonds is 8. The summed E-state index contributed by atoms with van der Waals surface area (Å²) in [5.74, 6) is 1.35. The van der Waals surface area contributed by atoms with Gasteiger partial charge in [0.05, 0.1) is 5.88 Å². The summed E-state index contributed by atoms with van der Waals surface area (Å²) in [4.78, 5) is 0. The Kier molecular flexibility index (Phi) is 7.33. The van der Waals surface area contributed by atoms with E-state index >= 15 is 0 Å². The van der Waals surface area contributed by atoms with Crippen LogP contribution in [0.15, 0.2) is 78.9 Å². The summed E-state index contributed by atoms with van der Waals surface area (Å²) in [5.41, 5.74) is 7.88. The number of alkyl halides is 1. The SMILES string of the molecule is CCC(=C(Cc1ccc(C)cc1)c1ccc(OCCCl)cc1)c1ccccc1. The lowest BCUT2D eigenvalue weighted by molar-refractivity contribution is 0.343. The van der Waals surface area contributed by atoms with Gasteiger partial charge in [-0.3, -0.25) is 0 Å². The maximum Gasteiger partial charge on any atom is 0.119 e. The molecule has 0 atom stereocenters. The van der Waals surface area contributed by atoms with Crippen molar-refractivity contribution in [1.29, 1.82) is 0 Å². The highest BCUT2D eigenvalue weighted by Crippen LogP contribution is 2.32. The van der Waals surface area contributed by atoms with Gasteiger partial charge in [-0.25, -0.2) is 0 Å². The van der Waals surface area contributed by atoms with E-state index in [1.165, 1.54) is 33.4 Å². The Morgan fingerprint density at radius 1 is 0.786 bits per heavy atom. The fourth-order valence-electron chi connectivity index (χ4n) is 3.43. The van der Waals surface area contributed by atoms with Gasteiger partial charge in [0.1, 0.15) is 12.4 Å². The van der Waals surface area contributed by atoms with Gasteiger partial charge in [-0.1, -0.05) is 79.2 Å². The summed E-state index contributed by atoms with van der Waals surface area (Å²) in [7, 11) is 0. The zero-order valence-electron chi connectivity index (χ0n) is 16.6. The number of allylic oxidation sites excluding steroid dienone is 2. The highest BCUT2D eigenvalue weighted by molar-refractivity contribution is 6.18. The van der Waals surface area contributed by atoms with E-state index in [0.29, 0.717) is 12.5 Å². The first-order valence-corrected chi connectivity index (χ1v) is 10.4. The first-order valence-electron chi connectivity index (χ1n) is 9.83. The summed E-state index contributed by atoms with van der Waals surface area (Å²) in [6.07, 6.45) is 1.88. The standard InChI is InChI=1S/C26H27ClO/c1-3-25(22-7-5-4-6-8-22)26(19-21-11-9-20(2)10-12-21)23-13-15-24(16-14-23)28-18-17-27/h4-16H,3,17-19H2,1-2H3. The molecule has 3 aromatic rings. The lowest BCUT2D eigenvalue weighted by atomic mass is 9.88. The third-order valence-corrected chi connectivity index (χ3v) is 5.04. The van der Waals surface area contributed by atoms with Gasteiger partial charge in [0.2, 0.25) is 0 Å². The quantitative estimate of drug-likeness (QED) is 0.292. The predicted octanol–water partition coefficient (Wildman–Crippen LogP) is 7.18. The maximum absolute atomic E-state index is 5.73. The molecule has 0 spiro atoms. The minimum Gasteiger partial charge on any atom is -0.492 e. The number of ether oxygens (including phenoxy) is 1. The van der Waals surface area contributed by atoms with Gasteiger partial charge >= 0.3 is 0 Å². The molecule has 0 bridgehead atoms. The van der Waals surface area contributed by atoms with Crippen LogP contribution in [0.1, 0.15) is 35.6 Å². The molecule has 0 heterocycles. The monoisotopic (exact) mass is 390 g/mol. The lowest BCUT2D eigenvalue weighted by Gasteiger charge is -2.17. The van der Waals surface area contributed by atoms with Crippen LogP contribution in [0.2, 0.25) is 0 Å². The summed E-state index contributed by atoms with van der Waals surface area (Å²) in [6, 6.07) is 27.9. The van der Waals surface area contributed by atoms with E-state index in [4.69, 9.17) is 16.3 Å². The van der Waals surface area contributed by atoms with Crippen molar-refractivity contribution in [3.63, 3.8) is 0 Å². The Labute approximate surface area is 173 Å². The van der Waals surface area contributed by atoms with E-state index in [1.54, 1.807) is 0 Å². The van der Waals surface area contributed by atoms with Gasteiger partial charge < -0.3 is 4.74 Å². The molecule has 0 aliphatic carbocycles. The largest absolute Gasteiger partial charge is 0.492 e. The van der Waals surface area contributed by atoms with Gasteiger partial charge in [-0.15, -0.1) is 11.6 Å². The second-order valence-electron chi connectivity index (χ2n) is 6.90. The third kappa shape index (κ3) is 5.27. The van der Waals surface area contributed by atoms with Crippen LogP contribution in [0.3, 0.4) is 0 Å². The molecular formula is C26H27ClO. The van der Waals surface area contributed by atoms with Crippen molar-refractivity contribution in [3.8, 4) is 5.75 Å². The summed E-state index contributed by atoms with van der Waals surface area (Å²) in [5, 5.41) is 0. The first kappa shape index (κ1) is 20.2. The second kappa shape index (κ2) is 10.1. The average Bonchev–Trinajstić information content (AvgIpc) is 2.75. The van der Waals surface area contributed by atoms with Gasteiger partial charge in [-0.05, 0) is 59.7 Å². The second-order valence-corrected chi connectivity index (χ2v) is 7.28. The maximum atomic E-state index is 5.73. The number of hydrogen-bond donors (Lipinski definition) is 0. The molecule has 28 heavy (non-hydrogen) atoms. The molecule has 1 nitrogen and oxygen atoms in total. The molecule has 0 saturated heterocycles. The van der Waals surface area contributed by atoms with E-state index < -0.39 is 0 Å². The topological polar surface area (TPSA) is 9.23 Å². The van der Waals surface area contributed by atoms with Crippen molar-refractivity contribution in [3.05, 3.63) is 101 Å². The van der Waals surface area contributed by atoms with Crippen molar-refractivity contribution < 1.29 is 4.74 Å². The third-order valence-electron chi connectivity index (χ3n) is 4.89. The molecule has 0 aromatic heterocycles. The Balaban J connectivity index is 2.03. The molecule has 2 heteroatoms. The minimum absolute atomic E-state index is 0.494. The zero-order valence-corrected chi connectivity index (χ0v) is 17.4. The van der Waals surface area contributed by atoms with Crippen LogP contribution in [0.5, 0.6) is 5.75 Å². The minimum atomic E-state index is 0.494. The molecule has 3 rings (SSSR count). The van der Waals surface area contributed by atoms with E-state index in [1.807, 2.05) is 12.1 Å². The van der Waals surface area contributed by atoms with Crippen molar-refractivity contribution in [2.75, 3.05) is 12.5 Å². The van der Waals surface area contributed by atoms with Gasteiger partial charge in [0.15, 0.2) is 0 Å². The summed E-state index contributed by atoms with van der Waals surface area (Å²) < 4.78 is 5.64. The van der Waals surface area contributed by atoms with Crippen LogP contribution in [0, 0.1) is 6.92 Å². The Morgan fingerprint density at radius 3 is 2.04 bits per heavy atom. The fraction of sp³-hybridized carbons (Fsp3) is 0.231. The molecule has 144 valence electrons. The molecule has 0 unspecified atom stereocenters. The van der Waals surface area contributed by atoms with E-state index in [9.17, 15) is 0 Å². The summed E-state index contributed by atoms with van der Waals surface area (Å²) in [6.45, 7) is 4.88. The lowest BCUT2D eigenvalue weighted by Crippen LogP contribution is -1.99. The van der Waals surface area contributed by atoms with Gasteiger partial charge in [0.25, 0.3) is 0 Å². The van der Waals surface area contributed by atoms with Gasteiger partial charge in [0, 0.05) is 0 Å².